The zero-order valence-corrected chi connectivity index (χ0v) is 8.56. The number of nitriles is 1. The summed E-state index contributed by atoms with van der Waals surface area (Å²) in [6, 6.07) is 2.40. The first-order chi connectivity index (χ1) is 7.33. The molecular weight excluding hydrogens is 188 g/mol. The van der Waals surface area contributed by atoms with Gasteiger partial charge >= 0.3 is 0 Å². The molecule has 1 saturated carbocycles. The largest absolute Gasteiger partial charge is 0.308 e. The van der Waals surface area contributed by atoms with Crippen molar-refractivity contribution in [3.63, 3.8) is 0 Å². The lowest BCUT2D eigenvalue weighted by molar-refractivity contribution is 0.410. The van der Waals surface area contributed by atoms with Gasteiger partial charge in [-0.2, -0.15) is 10.4 Å². The van der Waals surface area contributed by atoms with E-state index in [4.69, 9.17) is 10.7 Å². The predicted molar refractivity (Wildman–Crippen MR) is 56.7 cm³/mol. The van der Waals surface area contributed by atoms with Gasteiger partial charge in [-0.15, -0.1) is 0 Å². The molecule has 1 fully saturated rings. The molecular formula is C11H14N4. The van der Waals surface area contributed by atoms with E-state index in [1.54, 1.807) is 6.20 Å². The highest BCUT2D eigenvalue weighted by molar-refractivity contribution is 5.75. The fourth-order valence-electron chi connectivity index (χ4n) is 1.76. The first-order valence-electron chi connectivity index (χ1n) is 5.25. The minimum Gasteiger partial charge on any atom is -0.308 e. The molecule has 0 aromatic carbocycles. The Balaban J connectivity index is 2.08. The smallest absolute Gasteiger partial charge is 0.0651 e. The van der Waals surface area contributed by atoms with Gasteiger partial charge in [-0.25, -0.2) is 0 Å². The molecule has 0 spiro atoms. The van der Waals surface area contributed by atoms with Gasteiger partial charge in [0.1, 0.15) is 0 Å². The number of hydrogen-bond donors (Lipinski definition) is 1. The summed E-state index contributed by atoms with van der Waals surface area (Å²) in [6.07, 6.45) is 8.94. The summed E-state index contributed by atoms with van der Waals surface area (Å²) in [4.78, 5) is 0. The van der Waals surface area contributed by atoms with Crippen molar-refractivity contribution in [1.82, 2.24) is 9.78 Å². The van der Waals surface area contributed by atoms with Crippen LogP contribution in [-0.4, -0.2) is 16.0 Å². The zero-order valence-electron chi connectivity index (χ0n) is 8.56. The maximum atomic E-state index is 8.76. The fraction of sp³-hybridized carbons (Fsp3) is 0.545. The number of hydrogen-bond acceptors (Lipinski definition) is 3. The molecule has 15 heavy (non-hydrogen) atoms. The van der Waals surface area contributed by atoms with E-state index in [0.717, 1.165) is 17.9 Å². The number of nitrogens with one attached hydrogen (secondary N) is 1. The third-order valence-electron chi connectivity index (χ3n) is 2.79. The van der Waals surface area contributed by atoms with Crippen LogP contribution in [0.25, 0.3) is 0 Å². The summed E-state index contributed by atoms with van der Waals surface area (Å²) < 4.78 is 1.84. The van der Waals surface area contributed by atoms with E-state index in [-0.39, 0.29) is 6.04 Å². The molecule has 0 radical (unpaired) electrons. The summed E-state index contributed by atoms with van der Waals surface area (Å²) in [5.74, 6) is 0.788. The third-order valence-corrected chi connectivity index (χ3v) is 2.79. The molecule has 1 aliphatic carbocycles. The maximum absolute atomic E-state index is 8.76. The molecule has 0 saturated heterocycles. The average Bonchev–Trinajstić information content (AvgIpc) is 2.94. The van der Waals surface area contributed by atoms with Crippen molar-refractivity contribution in [2.24, 2.45) is 5.92 Å². The van der Waals surface area contributed by atoms with Crippen molar-refractivity contribution >= 4 is 6.21 Å². The van der Waals surface area contributed by atoms with Gasteiger partial charge in [0.15, 0.2) is 0 Å². The van der Waals surface area contributed by atoms with E-state index in [9.17, 15) is 0 Å². The highest BCUT2D eigenvalue weighted by Gasteiger charge is 2.26. The summed E-state index contributed by atoms with van der Waals surface area (Å²) in [5, 5.41) is 20.1. The van der Waals surface area contributed by atoms with E-state index in [1.165, 1.54) is 19.1 Å². The minimum absolute atomic E-state index is 0.191. The Morgan fingerprint density at radius 3 is 3.07 bits per heavy atom. The van der Waals surface area contributed by atoms with Crippen LogP contribution in [0.2, 0.25) is 0 Å². The van der Waals surface area contributed by atoms with Crippen molar-refractivity contribution in [1.29, 1.82) is 10.7 Å². The second kappa shape index (κ2) is 4.26. The van der Waals surface area contributed by atoms with Crippen LogP contribution in [0.15, 0.2) is 12.4 Å². The third kappa shape index (κ3) is 2.44. The Morgan fingerprint density at radius 1 is 1.73 bits per heavy atom. The van der Waals surface area contributed by atoms with E-state index >= 15 is 0 Å². The van der Waals surface area contributed by atoms with Crippen LogP contribution in [0.5, 0.6) is 0 Å². The molecule has 78 valence electrons. The number of rotatable bonds is 5. The first-order valence-corrected chi connectivity index (χ1v) is 5.25. The van der Waals surface area contributed by atoms with Gasteiger partial charge in [-0.3, -0.25) is 4.68 Å². The van der Waals surface area contributed by atoms with Crippen LogP contribution in [0.3, 0.4) is 0 Å². The molecule has 1 aromatic rings. The molecule has 0 amide bonds. The Hall–Kier alpha value is -1.63. The highest BCUT2D eigenvalue weighted by Crippen LogP contribution is 2.37. The fourth-order valence-corrected chi connectivity index (χ4v) is 1.76. The van der Waals surface area contributed by atoms with Crippen LogP contribution < -0.4 is 0 Å². The monoisotopic (exact) mass is 202 g/mol. The second-order valence-corrected chi connectivity index (χ2v) is 4.09. The topological polar surface area (TPSA) is 65.5 Å². The van der Waals surface area contributed by atoms with Crippen LogP contribution in [-0.2, 0) is 0 Å². The quantitative estimate of drug-likeness (QED) is 0.743. The van der Waals surface area contributed by atoms with Crippen molar-refractivity contribution in [3.8, 4) is 6.07 Å². The lowest BCUT2D eigenvalue weighted by Crippen LogP contribution is -2.09. The molecule has 1 aliphatic rings. The van der Waals surface area contributed by atoms with Gasteiger partial charge in [0.25, 0.3) is 0 Å². The van der Waals surface area contributed by atoms with Gasteiger partial charge in [-0.1, -0.05) is 12.8 Å². The molecule has 4 nitrogen and oxygen atoms in total. The second-order valence-electron chi connectivity index (χ2n) is 4.09. The molecule has 1 N–H and O–H groups in total. The van der Waals surface area contributed by atoms with Crippen molar-refractivity contribution < 1.29 is 0 Å². The summed E-state index contributed by atoms with van der Waals surface area (Å²) in [5.41, 5.74) is 0.800. The van der Waals surface area contributed by atoms with E-state index in [1.807, 2.05) is 10.9 Å². The van der Waals surface area contributed by atoms with Gasteiger partial charge < -0.3 is 5.41 Å². The Morgan fingerprint density at radius 2 is 2.53 bits per heavy atom. The summed E-state index contributed by atoms with van der Waals surface area (Å²) >= 11 is 0. The van der Waals surface area contributed by atoms with E-state index < -0.39 is 0 Å². The molecule has 1 atom stereocenters. The molecule has 0 bridgehead atoms. The van der Waals surface area contributed by atoms with Crippen molar-refractivity contribution in [3.05, 3.63) is 18.0 Å². The Labute approximate surface area is 89.0 Å². The summed E-state index contributed by atoms with van der Waals surface area (Å²) in [6.45, 7) is 0. The normalized spacial score (nSPS) is 17.0. The molecule has 1 aromatic heterocycles. The Kier molecular flexibility index (Phi) is 2.82. The number of aromatic nitrogens is 2. The predicted octanol–water partition coefficient (Wildman–Crippen LogP) is 2.14. The van der Waals surface area contributed by atoms with Crippen LogP contribution in [0, 0.1) is 22.7 Å². The first kappa shape index (κ1) is 9.91. The molecule has 2 rings (SSSR count). The Bertz CT molecular complexity index is 384. The van der Waals surface area contributed by atoms with Crippen LogP contribution >= 0.6 is 0 Å². The lowest BCUT2D eigenvalue weighted by atomic mass is 10.1. The minimum atomic E-state index is 0.191. The standard InChI is InChI=1S/C11H14N4/c12-4-3-11(5-9-1-2-9)15-8-10(6-13)7-14-15/h6-9,11,13H,1-3,5H2. The zero-order chi connectivity index (χ0) is 10.7. The number of nitrogens with zero attached hydrogens (tertiary/aromatic N) is 3. The van der Waals surface area contributed by atoms with Crippen LogP contribution in [0.4, 0.5) is 0 Å². The van der Waals surface area contributed by atoms with Gasteiger partial charge in [0, 0.05) is 18.0 Å². The SMILES string of the molecule is N#CCC(CC1CC1)n1cc(C=N)cn1. The van der Waals surface area contributed by atoms with Gasteiger partial charge in [0.2, 0.25) is 0 Å². The van der Waals surface area contributed by atoms with Crippen molar-refractivity contribution in [2.45, 2.75) is 31.7 Å². The van der Waals surface area contributed by atoms with E-state index in [0.29, 0.717) is 6.42 Å². The van der Waals surface area contributed by atoms with E-state index in [2.05, 4.69) is 11.2 Å². The average molecular weight is 202 g/mol. The van der Waals surface area contributed by atoms with Crippen molar-refractivity contribution in [2.75, 3.05) is 0 Å². The molecule has 0 aliphatic heterocycles. The highest BCUT2D eigenvalue weighted by atomic mass is 15.3. The van der Waals surface area contributed by atoms with Gasteiger partial charge in [-0.05, 0) is 12.3 Å². The molecule has 1 unspecified atom stereocenters. The maximum Gasteiger partial charge on any atom is 0.0651 e. The molecule has 1 heterocycles. The summed E-state index contributed by atoms with van der Waals surface area (Å²) in [7, 11) is 0. The van der Waals surface area contributed by atoms with Gasteiger partial charge in [0.05, 0.1) is 24.7 Å². The van der Waals surface area contributed by atoms with Crippen LogP contribution in [0.1, 0.15) is 37.3 Å². The molecule has 4 heteroatoms. The lowest BCUT2D eigenvalue weighted by Gasteiger charge is -2.13.